The van der Waals surface area contributed by atoms with Gasteiger partial charge in [0.2, 0.25) is 0 Å². The number of carboxylic acid groups (broad SMARTS) is 1. The minimum atomic E-state index is -0.833. The molecule has 0 fully saturated rings. The lowest BCUT2D eigenvalue weighted by Crippen LogP contribution is -2.24. The average molecular weight is 260 g/mol. The van der Waals surface area contributed by atoms with Gasteiger partial charge in [0.15, 0.2) is 0 Å². The van der Waals surface area contributed by atoms with Gasteiger partial charge in [-0.2, -0.15) is 0 Å². The maximum absolute atomic E-state index is 13.4. The third-order valence-electron chi connectivity index (χ3n) is 2.51. The summed E-state index contributed by atoms with van der Waals surface area (Å²) >= 11 is 5.89. The number of halogens is 2. The number of benzene rings is 1. The molecule has 0 aliphatic rings. The molecular weight excluding hydrogens is 245 g/mol. The number of aliphatic carboxylic acids is 1. The molecule has 0 aromatic heterocycles. The molecule has 0 aliphatic carbocycles. The van der Waals surface area contributed by atoms with Crippen LogP contribution in [0.2, 0.25) is 5.02 Å². The lowest BCUT2D eigenvalue weighted by Gasteiger charge is -2.15. The summed E-state index contributed by atoms with van der Waals surface area (Å²) in [5.74, 6) is -1.15. The maximum atomic E-state index is 13.4. The van der Waals surface area contributed by atoms with Crippen LogP contribution in [-0.2, 0) is 11.2 Å². The second kappa shape index (κ2) is 6.57. The summed E-state index contributed by atoms with van der Waals surface area (Å²) in [5.41, 5.74) is 0.483. The fourth-order valence-corrected chi connectivity index (χ4v) is 1.73. The highest BCUT2D eigenvalue weighted by atomic mass is 35.5. The molecule has 0 spiro atoms. The number of rotatable bonds is 6. The summed E-state index contributed by atoms with van der Waals surface area (Å²) in [7, 11) is 1.80. The Morgan fingerprint density at radius 3 is 2.76 bits per heavy atom. The van der Waals surface area contributed by atoms with Crippen LogP contribution in [0.1, 0.15) is 12.0 Å². The van der Waals surface area contributed by atoms with Crippen molar-refractivity contribution in [2.75, 3.05) is 20.1 Å². The zero-order valence-electron chi connectivity index (χ0n) is 9.62. The Hall–Kier alpha value is -1.13. The molecule has 0 aliphatic heterocycles. The lowest BCUT2D eigenvalue weighted by molar-refractivity contribution is -0.137. The molecule has 0 saturated carbocycles. The molecule has 0 radical (unpaired) electrons. The zero-order chi connectivity index (χ0) is 12.8. The largest absolute Gasteiger partial charge is 0.481 e. The Kier molecular flexibility index (Phi) is 5.38. The van der Waals surface area contributed by atoms with Crippen molar-refractivity contribution in [3.05, 3.63) is 34.6 Å². The lowest BCUT2D eigenvalue weighted by atomic mass is 10.1. The van der Waals surface area contributed by atoms with Gasteiger partial charge >= 0.3 is 5.97 Å². The van der Waals surface area contributed by atoms with Gasteiger partial charge in [-0.3, -0.25) is 4.79 Å². The molecule has 5 heteroatoms. The fourth-order valence-electron chi connectivity index (χ4n) is 1.47. The predicted octanol–water partition coefficient (Wildman–Crippen LogP) is 2.43. The average Bonchev–Trinajstić information content (AvgIpc) is 2.25. The molecule has 94 valence electrons. The maximum Gasteiger partial charge on any atom is 0.304 e. The summed E-state index contributed by atoms with van der Waals surface area (Å²) in [6.07, 6.45) is 0.559. The topological polar surface area (TPSA) is 40.5 Å². The SMILES string of the molecule is CN(CCC(=O)O)CCc1c(F)cccc1Cl. The van der Waals surface area contributed by atoms with Crippen LogP contribution < -0.4 is 0 Å². The van der Waals surface area contributed by atoms with Gasteiger partial charge in [-0.25, -0.2) is 4.39 Å². The van der Waals surface area contributed by atoms with E-state index in [0.29, 0.717) is 30.1 Å². The second-order valence-electron chi connectivity index (χ2n) is 3.90. The summed E-state index contributed by atoms with van der Waals surface area (Å²) < 4.78 is 13.4. The van der Waals surface area contributed by atoms with Gasteiger partial charge in [0, 0.05) is 23.7 Å². The fraction of sp³-hybridized carbons (Fsp3) is 0.417. The molecule has 0 saturated heterocycles. The van der Waals surface area contributed by atoms with Crippen LogP contribution in [0.15, 0.2) is 18.2 Å². The first-order valence-corrected chi connectivity index (χ1v) is 5.71. The molecule has 0 amide bonds. The van der Waals surface area contributed by atoms with Crippen LogP contribution in [0.5, 0.6) is 0 Å². The summed E-state index contributed by atoms with van der Waals surface area (Å²) in [6.45, 7) is 1.02. The molecule has 0 atom stereocenters. The van der Waals surface area contributed by atoms with E-state index in [-0.39, 0.29) is 12.2 Å². The number of carbonyl (C=O) groups is 1. The first-order valence-electron chi connectivity index (χ1n) is 5.34. The minimum absolute atomic E-state index is 0.0848. The number of hydrogen-bond donors (Lipinski definition) is 1. The van der Waals surface area contributed by atoms with E-state index in [1.165, 1.54) is 6.07 Å². The van der Waals surface area contributed by atoms with Crippen molar-refractivity contribution in [3.63, 3.8) is 0 Å². The van der Waals surface area contributed by atoms with E-state index in [0.717, 1.165) is 0 Å². The highest BCUT2D eigenvalue weighted by Crippen LogP contribution is 2.19. The van der Waals surface area contributed by atoms with Crippen molar-refractivity contribution in [1.82, 2.24) is 4.90 Å². The predicted molar refractivity (Wildman–Crippen MR) is 64.9 cm³/mol. The number of nitrogens with zero attached hydrogens (tertiary/aromatic N) is 1. The molecule has 1 aromatic rings. The van der Waals surface area contributed by atoms with Crippen molar-refractivity contribution in [2.24, 2.45) is 0 Å². The van der Waals surface area contributed by atoms with Gasteiger partial charge in [-0.05, 0) is 25.6 Å². The second-order valence-corrected chi connectivity index (χ2v) is 4.30. The Bertz CT molecular complexity index is 378. The van der Waals surface area contributed by atoms with Crippen LogP contribution in [0.25, 0.3) is 0 Å². The third-order valence-corrected chi connectivity index (χ3v) is 2.87. The van der Waals surface area contributed by atoms with E-state index in [4.69, 9.17) is 16.7 Å². The van der Waals surface area contributed by atoms with E-state index in [1.54, 1.807) is 19.2 Å². The van der Waals surface area contributed by atoms with Crippen LogP contribution in [0.3, 0.4) is 0 Å². The Morgan fingerprint density at radius 2 is 2.18 bits per heavy atom. The van der Waals surface area contributed by atoms with Crippen molar-refractivity contribution >= 4 is 17.6 Å². The van der Waals surface area contributed by atoms with E-state index >= 15 is 0 Å². The summed E-state index contributed by atoms with van der Waals surface area (Å²) in [4.78, 5) is 12.2. The van der Waals surface area contributed by atoms with Crippen molar-refractivity contribution in [1.29, 1.82) is 0 Å². The van der Waals surface area contributed by atoms with Crippen molar-refractivity contribution in [2.45, 2.75) is 12.8 Å². The molecule has 1 rings (SSSR count). The van der Waals surface area contributed by atoms with Crippen LogP contribution >= 0.6 is 11.6 Å². The first kappa shape index (κ1) is 13.9. The summed E-state index contributed by atoms with van der Waals surface area (Å²) in [6, 6.07) is 4.59. The molecule has 0 bridgehead atoms. The molecule has 17 heavy (non-hydrogen) atoms. The Balaban J connectivity index is 2.47. The van der Waals surface area contributed by atoms with Gasteiger partial charge in [0.05, 0.1) is 6.42 Å². The normalized spacial score (nSPS) is 10.8. The Morgan fingerprint density at radius 1 is 1.47 bits per heavy atom. The monoisotopic (exact) mass is 259 g/mol. The zero-order valence-corrected chi connectivity index (χ0v) is 10.4. The number of likely N-dealkylation sites (N-methyl/N-ethyl adjacent to an activating group) is 1. The van der Waals surface area contributed by atoms with Gasteiger partial charge in [-0.15, -0.1) is 0 Å². The van der Waals surface area contributed by atoms with E-state index in [1.807, 2.05) is 4.90 Å². The van der Waals surface area contributed by atoms with Gasteiger partial charge in [-0.1, -0.05) is 17.7 Å². The van der Waals surface area contributed by atoms with E-state index < -0.39 is 5.97 Å². The van der Waals surface area contributed by atoms with Gasteiger partial charge < -0.3 is 10.0 Å². The van der Waals surface area contributed by atoms with Gasteiger partial charge in [0.25, 0.3) is 0 Å². The molecule has 3 nitrogen and oxygen atoms in total. The standard InChI is InChI=1S/C12H15ClFNO2/c1-15(8-6-12(16)17)7-5-9-10(13)3-2-4-11(9)14/h2-4H,5-8H2,1H3,(H,16,17). The smallest absolute Gasteiger partial charge is 0.304 e. The molecule has 0 unspecified atom stereocenters. The molecule has 1 aromatic carbocycles. The van der Waals surface area contributed by atoms with Crippen LogP contribution in [-0.4, -0.2) is 36.1 Å². The number of hydrogen-bond acceptors (Lipinski definition) is 2. The number of carboxylic acids is 1. The molecule has 0 heterocycles. The highest BCUT2D eigenvalue weighted by molar-refractivity contribution is 6.31. The first-order chi connectivity index (χ1) is 8.00. The van der Waals surface area contributed by atoms with Crippen molar-refractivity contribution < 1.29 is 14.3 Å². The van der Waals surface area contributed by atoms with E-state index in [2.05, 4.69) is 0 Å². The van der Waals surface area contributed by atoms with E-state index in [9.17, 15) is 9.18 Å². The van der Waals surface area contributed by atoms with Crippen LogP contribution in [0.4, 0.5) is 4.39 Å². The summed E-state index contributed by atoms with van der Waals surface area (Å²) in [5, 5.41) is 8.94. The highest BCUT2D eigenvalue weighted by Gasteiger charge is 2.08. The quantitative estimate of drug-likeness (QED) is 0.853. The van der Waals surface area contributed by atoms with Crippen LogP contribution in [0, 0.1) is 5.82 Å². The molecule has 1 N–H and O–H groups in total. The van der Waals surface area contributed by atoms with Crippen molar-refractivity contribution in [3.8, 4) is 0 Å². The van der Waals surface area contributed by atoms with Gasteiger partial charge in [0.1, 0.15) is 5.82 Å². The third kappa shape index (κ3) is 4.71. The Labute approximate surface area is 105 Å². The molecular formula is C12H15ClFNO2. The minimum Gasteiger partial charge on any atom is -0.481 e.